The van der Waals surface area contributed by atoms with Gasteiger partial charge in [-0.1, -0.05) is 30.0 Å². The molecule has 0 heterocycles. The standard InChI is InChI=1S/C17H13NO3/c1-17(2,19)12-6-5-7-13-10-11-16(18(20)21)15-9-4-3-8-14(13)15/h3-4,8-11,19H,1-2H3. The number of hydrogen-bond donors (Lipinski definition) is 1. The van der Waals surface area contributed by atoms with Gasteiger partial charge in [-0.3, -0.25) is 10.1 Å². The summed E-state index contributed by atoms with van der Waals surface area (Å²) in [5.74, 6) is 10.7. The van der Waals surface area contributed by atoms with E-state index in [2.05, 4.69) is 23.7 Å². The smallest absolute Gasteiger partial charge is 0.277 e. The zero-order valence-corrected chi connectivity index (χ0v) is 11.7. The van der Waals surface area contributed by atoms with Crippen LogP contribution < -0.4 is 0 Å². The number of non-ortho nitro benzene ring substituents is 1. The predicted octanol–water partition coefficient (Wildman–Crippen LogP) is 2.87. The summed E-state index contributed by atoms with van der Waals surface area (Å²) in [5, 5.41) is 21.7. The van der Waals surface area contributed by atoms with Crippen LogP contribution in [-0.4, -0.2) is 15.6 Å². The minimum absolute atomic E-state index is 0.0544. The lowest BCUT2D eigenvalue weighted by Crippen LogP contribution is -2.14. The molecule has 2 aromatic carbocycles. The summed E-state index contributed by atoms with van der Waals surface area (Å²) in [6.45, 7) is 3.14. The van der Waals surface area contributed by atoms with Gasteiger partial charge in [-0.25, -0.2) is 0 Å². The maximum Gasteiger partial charge on any atom is 0.277 e. The molecular formula is C17H13NO3. The molecule has 0 aromatic heterocycles. The zero-order valence-electron chi connectivity index (χ0n) is 11.7. The molecule has 0 aliphatic carbocycles. The summed E-state index contributed by atoms with van der Waals surface area (Å²) < 4.78 is 0. The molecule has 4 heteroatoms. The van der Waals surface area contributed by atoms with Gasteiger partial charge in [-0.05, 0) is 37.8 Å². The van der Waals surface area contributed by atoms with E-state index in [1.165, 1.54) is 6.07 Å². The number of nitrogens with zero attached hydrogens (tertiary/aromatic N) is 1. The van der Waals surface area contributed by atoms with Crippen molar-refractivity contribution >= 4 is 16.5 Å². The zero-order chi connectivity index (χ0) is 15.5. The molecule has 0 bridgehead atoms. The fourth-order valence-electron chi connectivity index (χ4n) is 1.83. The quantitative estimate of drug-likeness (QED) is 0.496. The fraction of sp³-hybridized carbons (Fsp3) is 0.176. The van der Waals surface area contributed by atoms with Crippen molar-refractivity contribution in [3.05, 3.63) is 52.1 Å². The molecule has 2 aromatic rings. The van der Waals surface area contributed by atoms with Crippen molar-refractivity contribution in [3.63, 3.8) is 0 Å². The molecule has 0 atom stereocenters. The molecule has 0 fully saturated rings. The largest absolute Gasteiger partial charge is 0.378 e. The molecule has 1 N–H and O–H groups in total. The second-order valence-electron chi connectivity index (χ2n) is 4.99. The van der Waals surface area contributed by atoms with Crippen LogP contribution in [0.2, 0.25) is 0 Å². The van der Waals surface area contributed by atoms with Gasteiger partial charge in [0, 0.05) is 17.0 Å². The molecule has 0 aliphatic heterocycles. The average molecular weight is 279 g/mol. The van der Waals surface area contributed by atoms with Crippen LogP contribution in [0, 0.1) is 33.8 Å². The number of fused-ring (bicyclic) bond motifs is 1. The third-order valence-electron chi connectivity index (χ3n) is 2.73. The first kappa shape index (κ1) is 14.6. The highest BCUT2D eigenvalue weighted by molar-refractivity contribution is 5.95. The van der Waals surface area contributed by atoms with Crippen molar-refractivity contribution in [2.45, 2.75) is 19.4 Å². The molecule has 0 saturated carbocycles. The summed E-state index contributed by atoms with van der Waals surface area (Å²) in [6.07, 6.45) is 0. The maximum atomic E-state index is 11.0. The predicted molar refractivity (Wildman–Crippen MR) is 81.6 cm³/mol. The van der Waals surface area contributed by atoms with Crippen molar-refractivity contribution in [2.24, 2.45) is 0 Å². The number of hydrogen-bond acceptors (Lipinski definition) is 3. The van der Waals surface area contributed by atoms with E-state index in [0.717, 1.165) is 0 Å². The van der Waals surface area contributed by atoms with Gasteiger partial charge < -0.3 is 5.11 Å². The second kappa shape index (κ2) is 5.66. The van der Waals surface area contributed by atoms with Gasteiger partial charge in [-0.2, -0.15) is 0 Å². The minimum atomic E-state index is -1.09. The lowest BCUT2D eigenvalue weighted by molar-refractivity contribution is -0.383. The van der Waals surface area contributed by atoms with Gasteiger partial charge >= 0.3 is 0 Å². The number of aliphatic hydroxyl groups is 1. The van der Waals surface area contributed by atoms with E-state index < -0.39 is 10.5 Å². The first-order chi connectivity index (χ1) is 9.88. The van der Waals surface area contributed by atoms with Crippen LogP contribution in [0.25, 0.3) is 10.8 Å². The SMILES string of the molecule is CC(C)(O)C#CC#Cc1ccc([N+](=O)[O-])c2ccccc12. The Bertz CT molecular complexity index is 824. The van der Waals surface area contributed by atoms with Gasteiger partial charge in [0.1, 0.15) is 5.60 Å². The van der Waals surface area contributed by atoms with Crippen LogP contribution in [0.4, 0.5) is 5.69 Å². The highest BCUT2D eigenvalue weighted by Crippen LogP contribution is 2.27. The molecule has 0 unspecified atom stereocenters. The van der Waals surface area contributed by atoms with Crippen molar-refractivity contribution in [3.8, 4) is 23.7 Å². The van der Waals surface area contributed by atoms with E-state index >= 15 is 0 Å². The Balaban J connectivity index is 2.52. The Labute approximate surface area is 122 Å². The molecule has 0 radical (unpaired) electrons. The summed E-state index contributed by atoms with van der Waals surface area (Å²) in [6, 6.07) is 10.1. The highest BCUT2D eigenvalue weighted by Gasteiger charge is 2.12. The van der Waals surface area contributed by atoms with Crippen molar-refractivity contribution in [2.75, 3.05) is 0 Å². The van der Waals surface area contributed by atoms with Crippen molar-refractivity contribution in [1.29, 1.82) is 0 Å². The Morgan fingerprint density at radius 1 is 1.10 bits per heavy atom. The van der Waals surface area contributed by atoms with Gasteiger partial charge in [0.05, 0.1) is 10.3 Å². The monoisotopic (exact) mass is 279 g/mol. The molecule has 21 heavy (non-hydrogen) atoms. The second-order valence-corrected chi connectivity index (χ2v) is 4.99. The number of rotatable bonds is 1. The van der Waals surface area contributed by atoms with Crippen LogP contribution in [0.1, 0.15) is 19.4 Å². The molecular weight excluding hydrogens is 266 g/mol. The van der Waals surface area contributed by atoms with Crippen LogP contribution in [-0.2, 0) is 0 Å². The van der Waals surface area contributed by atoms with Crippen molar-refractivity contribution in [1.82, 2.24) is 0 Å². The number of nitro groups is 1. The van der Waals surface area contributed by atoms with Crippen LogP contribution in [0.15, 0.2) is 36.4 Å². The van der Waals surface area contributed by atoms with Crippen LogP contribution in [0.5, 0.6) is 0 Å². The lowest BCUT2D eigenvalue weighted by atomic mass is 10.0. The Kier molecular flexibility index (Phi) is 3.93. The average Bonchev–Trinajstić information content (AvgIpc) is 2.42. The van der Waals surface area contributed by atoms with Crippen LogP contribution in [0.3, 0.4) is 0 Å². The first-order valence-corrected chi connectivity index (χ1v) is 6.30. The molecule has 4 nitrogen and oxygen atoms in total. The summed E-state index contributed by atoms with van der Waals surface area (Å²) >= 11 is 0. The van der Waals surface area contributed by atoms with Gasteiger partial charge in [0.25, 0.3) is 5.69 Å². The molecule has 104 valence electrons. The normalized spacial score (nSPS) is 10.2. The topological polar surface area (TPSA) is 63.4 Å². The molecule has 0 aliphatic rings. The summed E-state index contributed by atoms with van der Waals surface area (Å²) in [7, 11) is 0. The highest BCUT2D eigenvalue weighted by atomic mass is 16.6. The minimum Gasteiger partial charge on any atom is -0.378 e. The maximum absolute atomic E-state index is 11.0. The first-order valence-electron chi connectivity index (χ1n) is 6.30. The molecule has 0 amide bonds. The molecule has 2 rings (SSSR count). The van der Waals surface area contributed by atoms with E-state index in [1.807, 2.05) is 0 Å². The Hall–Kier alpha value is -2.82. The molecule has 0 spiro atoms. The van der Waals surface area contributed by atoms with E-state index in [4.69, 9.17) is 0 Å². The number of nitro benzene ring substituents is 1. The third kappa shape index (κ3) is 3.60. The van der Waals surface area contributed by atoms with E-state index in [1.54, 1.807) is 44.2 Å². The lowest BCUT2D eigenvalue weighted by Gasteiger charge is -2.04. The van der Waals surface area contributed by atoms with Gasteiger partial charge in [0.2, 0.25) is 0 Å². The van der Waals surface area contributed by atoms with E-state index in [0.29, 0.717) is 16.3 Å². The van der Waals surface area contributed by atoms with E-state index in [9.17, 15) is 15.2 Å². The van der Waals surface area contributed by atoms with Crippen molar-refractivity contribution < 1.29 is 10.0 Å². The fourth-order valence-corrected chi connectivity index (χ4v) is 1.83. The van der Waals surface area contributed by atoms with Gasteiger partial charge in [0.15, 0.2) is 0 Å². The molecule has 0 saturated heterocycles. The Morgan fingerprint density at radius 3 is 2.38 bits per heavy atom. The number of benzene rings is 2. The van der Waals surface area contributed by atoms with Crippen LogP contribution >= 0.6 is 0 Å². The third-order valence-corrected chi connectivity index (χ3v) is 2.73. The summed E-state index contributed by atoms with van der Waals surface area (Å²) in [4.78, 5) is 10.6. The van der Waals surface area contributed by atoms with E-state index in [-0.39, 0.29) is 5.69 Å². The Morgan fingerprint density at radius 2 is 1.76 bits per heavy atom. The summed E-state index contributed by atoms with van der Waals surface area (Å²) in [5.41, 5.74) is -0.369. The van der Waals surface area contributed by atoms with Gasteiger partial charge in [-0.15, -0.1) is 0 Å².